The summed E-state index contributed by atoms with van der Waals surface area (Å²) in [5.41, 5.74) is 0. The van der Waals surface area contributed by atoms with Crippen LogP contribution < -0.4 is 0 Å². The Morgan fingerprint density at radius 1 is 0.875 bits per heavy atom. The monoisotopic (exact) mass is 334 g/mol. The summed E-state index contributed by atoms with van der Waals surface area (Å²) in [6.07, 6.45) is 22.4. The molecule has 2 heteroatoms. The predicted molar refractivity (Wildman–Crippen MR) is 107 cm³/mol. The average Bonchev–Trinajstić information content (AvgIpc) is 2.61. The molecule has 24 heavy (non-hydrogen) atoms. The van der Waals surface area contributed by atoms with Gasteiger partial charge in [0.05, 0.1) is 5.84 Å². The molecular weight excluding hydrogens is 292 g/mol. The highest BCUT2D eigenvalue weighted by atomic mass is 15.2. The van der Waals surface area contributed by atoms with Gasteiger partial charge in [-0.3, -0.25) is 4.99 Å². The Balaban J connectivity index is 1.63. The third-order valence-corrected chi connectivity index (χ3v) is 6.07. The van der Waals surface area contributed by atoms with Crippen molar-refractivity contribution in [1.82, 2.24) is 4.90 Å². The molecule has 1 saturated heterocycles. The zero-order valence-corrected chi connectivity index (χ0v) is 16.6. The van der Waals surface area contributed by atoms with E-state index in [4.69, 9.17) is 4.99 Å². The van der Waals surface area contributed by atoms with Gasteiger partial charge in [-0.25, -0.2) is 0 Å². The summed E-state index contributed by atoms with van der Waals surface area (Å²) in [6.45, 7) is 5.80. The smallest absolute Gasteiger partial charge is 0.0993 e. The molecule has 2 aliphatic rings. The van der Waals surface area contributed by atoms with Gasteiger partial charge in [0.15, 0.2) is 0 Å². The summed E-state index contributed by atoms with van der Waals surface area (Å²) in [5, 5.41) is 0. The third kappa shape index (κ3) is 6.76. The number of nitrogens with zero attached hydrogens (tertiary/aromatic N) is 2. The van der Waals surface area contributed by atoms with E-state index in [0.717, 1.165) is 18.6 Å². The van der Waals surface area contributed by atoms with E-state index in [1.165, 1.54) is 109 Å². The van der Waals surface area contributed by atoms with Crippen molar-refractivity contribution in [2.75, 3.05) is 6.54 Å². The van der Waals surface area contributed by atoms with Crippen LogP contribution >= 0.6 is 0 Å². The van der Waals surface area contributed by atoms with Crippen molar-refractivity contribution in [1.29, 1.82) is 0 Å². The molecule has 2 rings (SSSR count). The number of piperidine rings is 1. The number of likely N-dealkylation sites (tertiary alicyclic amines) is 1. The molecule has 0 aromatic rings. The molecule has 140 valence electrons. The van der Waals surface area contributed by atoms with Crippen LogP contribution in [0.4, 0.5) is 0 Å². The van der Waals surface area contributed by atoms with Gasteiger partial charge >= 0.3 is 0 Å². The lowest BCUT2D eigenvalue weighted by Crippen LogP contribution is -2.49. The maximum atomic E-state index is 4.89. The van der Waals surface area contributed by atoms with Crippen LogP contribution in [-0.4, -0.2) is 29.4 Å². The van der Waals surface area contributed by atoms with E-state index in [0.29, 0.717) is 0 Å². The topological polar surface area (TPSA) is 15.6 Å². The molecule has 2 aliphatic heterocycles. The van der Waals surface area contributed by atoms with Crippen molar-refractivity contribution < 1.29 is 0 Å². The van der Waals surface area contributed by atoms with Crippen LogP contribution in [0.2, 0.25) is 0 Å². The van der Waals surface area contributed by atoms with E-state index in [-0.39, 0.29) is 0 Å². The SMILES string of the molecule is CCCCCCCCCCC[C@@H]1CCC[C@@H](C)N1C1=NCCCC1. The van der Waals surface area contributed by atoms with E-state index in [1.54, 1.807) is 0 Å². The van der Waals surface area contributed by atoms with Gasteiger partial charge in [0.2, 0.25) is 0 Å². The Morgan fingerprint density at radius 2 is 1.58 bits per heavy atom. The van der Waals surface area contributed by atoms with Crippen LogP contribution in [0.3, 0.4) is 0 Å². The lowest BCUT2D eigenvalue weighted by atomic mass is 9.91. The van der Waals surface area contributed by atoms with Gasteiger partial charge < -0.3 is 4.90 Å². The first kappa shape index (κ1) is 19.8. The molecule has 0 spiro atoms. The van der Waals surface area contributed by atoms with Crippen LogP contribution in [0, 0.1) is 0 Å². The highest BCUT2D eigenvalue weighted by molar-refractivity contribution is 5.83. The Morgan fingerprint density at radius 3 is 2.25 bits per heavy atom. The van der Waals surface area contributed by atoms with Crippen molar-refractivity contribution in [2.45, 2.75) is 129 Å². The first-order valence-electron chi connectivity index (χ1n) is 11.1. The van der Waals surface area contributed by atoms with E-state index < -0.39 is 0 Å². The molecule has 1 fully saturated rings. The van der Waals surface area contributed by atoms with Crippen molar-refractivity contribution in [3.63, 3.8) is 0 Å². The van der Waals surface area contributed by atoms with Crippen LogP contribution in [0.1, 0.15) is 117 Å². The van der Waals surface area contributed by atoms with Gasteiger partial charge in [-0.2, -0.15) is 0 Å². The van der Waals surface area contributed by atoms with Gasteiger partial charge in [-0.05, 0) is 45.4 Å². The summed E-state index contributed by atoms with van der Waals surface area (Å²) in [5.74, 6) is 1.45. The fraction of sp³-hybridized carbons (Fsp3) is 0.955. The van der Waals surface area contributed by atoms with Crippen molar-refractivity contribution >= 4 is 5.84 Å². The van der Waals surface area contributed by atoms with Crippen molar-refractivity contribution in [3.8, 4) is 0 Å². The van der Waals surface area contributed by atoms with E-state index in [9.17, 15) is 0 Å². The molecule has 2 atom stereocenters. The molecule has 0 aromatic carbocycles. The molecule has 2 heterocycles. The highest BCUT2D eigenvalue weighted by Gasteiger charge is 2.30. The lowest BCUT2D eigenvalue weighted by molar-refractivity contribution is 0.162. The first-order chi connectivity index (χ1) is 11.8. The second-order valence-corrected chi connectivity index (χ2v) is 8.21. The number of rotatable bonds is 10. The van der Waals surface area contributed by atoms with Gasteiger partial charge in [0.25, 0.3) is 0 Å². The molecule has 0 bridgehead atoms. The van der Waals surface area contributed by atoms with Crippen molar-refractivity contribution in [3.05, 3.63) is 0 Å². The second kappa shape index (κ2) is 11.9. The molecule has 0 amide bonds. The maximum Gasteiger partial charge on any atom is 0.0993 e. The van der Waals surface area contributed by atoms with Crippen LogP contribution in [-0.2, 0) is 0 Å². The molecule has 0 aromatic heterocycles. The van der Waals surface area contributed by atoms with E-state index >= 15 is 0 Å². The maximum absolute atomic E-state index is 4.89. The minimum absolute atomic E-state index is 0.721. The Bertz CT molecular complexity index is 350. The van der Waals surface area contributed by atoms with Gasteiger partial charge in [-0.1, -0.05) is 64.7 Å². The fourth-order valence-corrected chi connectivity index (χ4v) is 4.62. The average molecular weight is 335 g/mol. The van der Waals surface area contributed by atoms with E-state index in [1.807, 2.05) is 0 Å². The van der Waals surface area contributed by atoms with Gasteiger partial charge in [0.1, 0.15) is 0 Å². The lowest BCUT2D eigenvalue weighted by Gasteiger charge is -2.44. The van der Waals surface area contributed by atoms with Crippen molar-refractivity contribution in [2.24, 2.45) is 4.99 Å². The number of hydrogen-bond acceptors (Lipinski definition) is 2. The first-order valence-corrected chi connectivity index (χ1v) is 11.1. The minimum Gasteiger partial charge on any atom is -0.355 e. The number of aliphatic imine (C=N–C) groups is 1. The Labute approximate surface area is 151 Å². The molecule has 0 N–H and O–H groups in total. The van der Waals surface area contributed by atoms with E-state index in [2.05, 4.69) is 18.7 Å². The summed E-state index contributed by atoms with van der Waals surface area (Å²) >= 11 is 0. The molecule has 0 aliphatic carbocycles. The van der Waals surface area contributed by atoms with Crippen LogP contribution in [0.15, 0.2) is 4.99 Å². The summed E-state index contributed by atoms with van der Waals surface area (Å²) in [4.78, 5) is 7.63. The largest absolute Gasteiger partial charge is 0.355 e. The Hall–Kier alpha value is -0.530. The van der Waals surface area contributed by atoms with Crippen LogP contribution in [0.25, 0.3) is 0 Å². The number of amidine groups is 1. The fourth-order valence-electron chi connectivity index (χ4n) is 4.62. The number of unbranched alkanes of at least 4 members (excludes halogenated alkanes) is 8. The normalized spacial score (nSPS) is 24.9. The predicted octanol–water partition coefficient (Wildman–Crippen LogP) is 6.73. The third-order valence-electron chi connectivity index (χ3n) is 6.07. The zero-order valence-electron chi connectivity index (χ0n) is 16.6. The molecule has 0 radical (unpaired) electrons. The summed E-state index contributed by atoms with van der Waals surface area (Å²) in [7, 11) is 0. The second-order valence-electron chi connectivity index (χ2n) is 8.21. The minimum atomic E-state index is 0.721. The van der Waals surface area contributed by atoms with Crippen LogP contribution in [0.5, 0.6) is 0 Å². The summed E-state index contributed by atoms with van der Waals surface area (Å²) < 4.78 is 0. The quantitative estimate of drug-likeness (QED) is 0.404. The standard InChI is InChI=1S/C22H42N2/c1-3-4-5-6-7-8-9-10-11-16-21-17-14-15-20(2)24(21)22-18-12-13-19-23-22/h20-21H,3-19H2,1-2H3/t20-,21-/m1/s1. The molecule has 0 unspecified atom stereocenters. The Kier molecular flexibility index (Phi) is 9.83. The van der Waals surface area contributed by atoms with Gasteiger partial charge in [-0.15, -0.1) is 0 Å². The van der Waals surface area contributed by atoms with Gasteiger partial charge in [0, 0.05) is 25.0 Å². The number of hydrogen-bond donors (Lipinski definition) is 0. The molecule has 0 saturated carbocycles. The summed E-state index contributed by atoms with van der Waals surface area (Å²) in [6, 6.07) is 1.51. The highest BCUT2D eigenvalue weighted by Crippen LogP contribution is 2.29. The molecular formula is C22H42N2. The zero-order chi connectivity index (χ0) is 17.0. The molecule has 2 nitrogen and oxygen atoms in total.